The summed E-state index contributed by atoms with van der Waals surface area (Å²) >= 11 is 5.75. The Morgan fingerprint density at radius 3 is 1.60 bits per heavy atom. The molecule has 0 fully saturated rings. The summed E-state index contributed by atoms with van der Waals surface area (Å²) in [7, 11) is 7.34. The highest BCUT2D eigenvalue weighted by atomic mass is 35.5. The standard InChI is InChI=1S/C18H23N5O.C10H13ClN4O.C8H11N.C2H3N/c1-12(2)17-19-10-15-18(24)22(5)16(20-23(15)17)11-21(4)14-8-6-13(3)7-9-14;1-6(2)9-12-5-7-10(16)14(3)8(4-11)13-15(7)9;1-7-3-5-8(9-2)6-4-7;1-2-3/h6-10,12H,11H2,1-5H3;5-6H,4H2,1-3H3;3-6,9H,1-2H3;1H3. The number of alkyl halides is 1. The Balaban J connectivity index is 0.000000223. The van der Waals surface area contributed by atoms with Gasteiger partial charge in [0, 0.05) is 58.3 Å². The third kappa shape index (κ3) is 9.85. The zero-order chi connectivity index (χ0) is 38.7. The highest BCUT2D eigenvalue weighted by molar-refractivity contribution is 6.16. The summed E-state index contributed by atoms with van der Waals surface area (Å²) in [6.45, 7) is 14.2. The fourth-order valence-electron chi connectivity index (χ4n) is 5.03. The maximum absolute atomic E-state index is 12.6. The van der Waals surface area contributed by atoms with Gasteiger partial charge in [0.2, 0.25) is 0 Å². The van der Waals surface area contributed by atoms with Crippen LogP contribution in [-0.2, 0) is 26.5 Å². The molecule has 0 bridgehead atoms. The molecule has 14 heteroatoms. The molecule has 4 aromatic heterocycles. The Labute approximate surface area is 310 Å². The molecular weight excluding hydrogens is 678 g/mol. The van der Waals surface area contributed by atoms with E-state index in [9.17, 15) is 9.59 Å². The third-order valence-corrected chi connectivity index (χ3v) is 8.37. The molecule has 0 aliphatic heterocycles. The van der Waals surface area contributed by atoms with E-state index in [4.69, 9.17) is 16.9 Å². The first-order valence-corrected chi connectivity index (χ1v) is 17.5. The van der Waals surface area contributed by atoms with Crippen molar-refractivity contribution in [2.24, 2.45) is 14.1 Å². The van der Waals surface area contributed by atoms with Gasteiger partial charge < -0.3 is 10.2 Å². The minimum Gasteiger partial charge on any atom is -0.388 e. The Bertz CT molecular complexity index is 2220. The number of hydrogen-bond donors (Lipinski definition) is 1. The number of hydrogen-bond acceptors (Lipinski definition) is 9. The van der Waals surface area contributed by atoms with Crippen LogP contribution in [0.25, 0.3) is 11.0 Å². The fraction of sp³-hybridized carbons (Fsp3) is 0.395. The molecule has 0 spiro atoms. The fourth-order valence-corrected chi connectivity index (χ4v) is 5.26. The average molecular weight is 728 g/mol. The molecule has 0 atom stereocenters. The van der Waals surface area contributed by atoms with E-state index in [0.717, 1.165) is 17.3 Å². The Morgan fingerprint density at radius 1 is 0.788 bits per heavy atom. The molecule has 0 aliphatic carbocycles. The van der Waals surface area contributed by atoms with E-state index >= 15 is 0 Å². The molecule has 0 amide bonds. The van der Waals surface area contributed by atoms with E-state index in [1.54, 1.807) is 46.2 Å². The van der Waals surface area contributed by atoms with Crippen LogP contribution in [0.4, 0.5) is 11.4 Å². The number of halogens is 1. The summed E-state index contributed by atoms with van der Waals surface area (Å²) in [4.78, 5) is 35.2. The summed E-state index contributed by atoms with van der Waals surface area (Å²) in [6.07, 6.45) is 3.17. The number of aryl methyl sites for hydroxylation is 2. The number of imidazole rings is 2. The van der Waals surface area contributed by atoms with Crippen LogP contribution in [0.1, 0.15) is 80.9 Å². The van der Waals surface area contributed by atoms with Crippen molar-refractivity contribution in [1.82, 2.24) is 38.3 Å². The minimum absolute atomic E-state index is 0.0725. The molecule has 6 aromatic rings. The largest absolute Gasteiger partial charge is 0.388 e. The highest BCUT2D eigenvalue weighted by Crippen LogP contribution is 2.17. The molecule has 0 saturated carbocycles. The second-order valence-corrected chi connectivity index (χ2v) is 13.1. The van der Waals surface area contributed by atoms with Crippen molar-refractivity contribution < 1.29 is 0 Å². The number of fused-ring (bicyclic) bond motifs is 2. The molecule has 4 heterocycles. The number of benzene rings is 2. The smallest absolute Gasteiger partial charge is 0.279 e. The molecule has 6 rings (SSSR count). The van der Waals surface area contributed by atoms with Crippen molar-refractivity contribution >= 4 is 34.0 Å². The monoisotopic (exact) mass is 727 g/mol. The molecule has 0 saturated heterocycles. The van der Waals surface area contributed by atoms with Gasteiger partial charge in [-0.15, -0.1) is 11.6 Å². The summed E-state index contributed by atoms with van der Waals surface area (Å²) in [5.74, 6) is 3.45. The summed E-state index contributed by atoms with van der Waals surface area (Å²) in [5.41, 5.74) is 5.59. The lowest BCUT2D eigenvalue weighted by atomic mass is 10.2. The van der Waals surface area contributed by atoms with E-state index < -0.39 is 0 Å². The van der Waals surface area contributed by atoms with E-state index in [1.807, 2.05) is 41.8 Å². The van der Waals surface area contributed by atoms with Crippen molar-refractivity contribution in [3.63, 3.8) is 0 Å². The lowest BCUT2D eigenvalue weighted by molar-refractivity contribution is 0.635. The Hall–Kier alpha value is -5.48. The first kappa shape index (κ1) is 40.9. The van der Waals surface area contributed by atoms with Gasteiger partial charge in [0.05, 0.1) is 30.9 Å². The van der Waals surface area contributed by atoms with E-state index in [1.165, 1.54) is 28.3 Å². The van der Waals surface area contributed by atoms with Gasteiger partial charge in [0.25, 0.3) is 11.1 Å². The maximum atomic E-state index is 12.6. The van der Waals surface area contributed by atoms with Crippen molar-refractivity contribution in [2.45, 2.75) is 72.7 Å². The van der Waals surface area contributed by atoms with Gasteiger partial charge in [-0.1, -0.05) is 63.1 Å². The minimum atomic E-state index is -0.120. The van der Waals surface area contributed by atoms with Crippen LogP contribution in [0.15, 0.2) is 70.5 Å². The van der Waals surface area contributed by atoms with Crippen LogP contribution in [0.5, 0.6) is 0 Å². The zero-order valence-corrected chi connectivity index (χ0v) is 32.8. The van der Waals surface area contributed by atoms with Crippen LogP contribution < -0.4 is 21.3 Å². The summed E-state index contributed by atoms with van der Waals surface area (Å²) in [5, 5.41) is 19.4. The van der Waals surface area contributed by atoms with Crippen LogP contribution in [-0.4, -0.2) is 52.4 Å². The van der Waals surface area contributed by atoms with Crippen molar-refractivity contribution in [2.75, 3.05) is 24.3 Å². The number of aromatic nitrogens is 8. The van der Waals surface area contributed by atoms with E-state index in [0.29, 0.717) is 29.2 Å². The van der Waals surface area contributed by atoms with Gasteiger partial charge in [0.1, 0.15) is 17.5 Å². The quantitative estimate of drug-likeness (QED) is 0.186. The number of nitrogens with one attached hydrogen (secondary N) is 1. The zero-order valence-electron chi connectivity index (χ0n) is 32.0. The lowest BCUT2D eigenvalue weighted by Crippen LogP contribution is -2.29. The van der Waals surface area contributed by atoms with Crippen molar-refractivity contribution in [3.05, 3.63) is 116 Å². The number of rotatable bonds is 7. The molecule has 276 valence electrons. The predicted molar refractivity (Wildman–Crippen MR) is 209 cm³/mol. The number of nitriles is 1. The second-order valence-electron chi connectivity index (χ2n) is 12.9. The van der Waals surface area contributed by atoms with Gasteiger partial charge in [-0.25, -0.2) is 19.0 Å². The summed E-state index contributed by atoms with van der Waals surface area (Å²) in [6, 6.07) is 18.4. The molecule has 13 nitrogen and oxygen atoms in total. The molecule has 0 unspecified atom stereocenters. The van der Waals surface area contributed by atoms with Gasteiger partial charge in [-0.05, 0) is 38.1 Å². The van der Waals surface area contributed by atoms with Crippen molar-refractivity contribution in [1.29, 1.82) is 5.26 Å². The molecule has 0 radical (unpaired) electrons. The first-order valence-electron chi connectivity index (χ1n) is 16.9. The Morgan fingerprint density at radius 2 is 1.19 bits per heavy atom. The predicted octanol–water partition coefficient (Wildman–Crippen LogP) is 6.35. The van der Waals surface area contributed by atoms with Crippen LogP contribution in [0, 0.1) is 25.2 Å². The SMILES string of the molecule is CC#N.CC(C)c1ncc2c(=O)n(C)c(CCl)nn12.CNc1ccc(C)cc1.Cc1ccc(N(C)Cc2nn3c(C(C)C)ncc3c(=O)n2C)cc1. The molecule has 1 N–H and O–H groups in total. The third-order valence-electron chi connectivity index (χ3n) is 8.13. The van der Waals surface area contributed by atoms with Gasteiger partial charge in [0.15, 0.2) is 16.9 Å². The molecule has 0 aliphatic rings. The van der Waals surface area contributed by atoms with Crippen LogP contribution in [0.2, 0.25) is 0 Å². The average Bonchev–Trinajstić information content (AvgIpc) is 3.75. The topological polar surface area (TPSA) is 143 Å². The van der Waals surface area contributed by atoms with E-state index in [-0.39, 0.29) is 28.8 Å². The summed E-state index contributed by atoms with van der Waals surface area (Å²) < 4.78 is 6.33. The number of anilines is 2. The normalized spacial score (nSPS) is 10.6. The molecule has 2 aromatic carbocycles. The molecular formula is C38H50ClN11O2. The molecule has 52 heavy (non-hydrogen) atoms. The van der Waals surface area contributed by atoms with Gasteiger partial charge in [-0.2, -0.15) is 15.5 Å². The maximum Gasteiger partial charge on any atom is 0.279 e. The van der Waals surface area contributed by atoms with Gasteiger partial charge >= 0.3 is 0 Å². The van der Waals surface area contributed by atoms with Crippen LogP contribution >= 0.6 is 11.6 Å². The van der Waals surface area contributed by atoms with Crippen LogP contribution in [0.3, 0.4) is 0 Å². The van der Waals surface area contributed by atoms with Gasteiger partial charge in [-0.3, -0.25) is 18.7 Å². The lowest BCUT2D eigenvalue weighted by Gasteiger charge is -2.20. The first-order chi connectivity index (χ1) is 24.7. The Kier molecular flexibility index (Phi) is 14.7. The highest BCUT2D eigenvalue weighted by Gasteiger charge is 2.17. The van der Waals surface area contributed by atoms with E-state index in [2.05, 4.69) is 92.8 Å². The second kappa shape index (κ2) is 18.7. The van der Waals surface area contributed by atoms with Crippen molar-refractivity contribution in [3.8, 4) is 6.07 Å². The number of nitrogens with zero attached hydrogens (tertiary/aromatic N) is 10.